The molecule has 2 aliphatic rings. The SMILES string of the molecule is C1CCOC1.CC.CC1CCC(NC=O)CC1. The maximum atomic E-state index is 10.0. The second kappa shape index (κ2) is 11.9. The van der Waals surface area contributed by atoms with Crippen LogP contribution in [0.4, 0.5) is 0 Å². The molecule has 1 aliphatic carbocycles. The summed E-state index contributed by atoms with van der Waals surface area (Å²) in [6.07, 6.45) is 8.25. The minimum atomic E-state index is 0.466. The molecule has 1 N–H and O–H groups in total. The predicted octanol–water partition coefficient (Wildman–Crippen LogP) is 3.13. The number of hydrogen-bond acceptors (Lipinski definition) is 2. The first-order chi connectivity index (χ1) is 8.33. The van der Waals surface area contributed by atoms with E-state index in [1.54, 1.807) is 0 Å². The van der Waals surface area contributed by atoms with Crippen molar-refractivity contribution in [2.24, 2.45) is 5.92 Å². The average Bonchev–Trinajstić information content (AvgIpc) is 2.94. The van der Waals surface area contributed by atoms with E-state index in [9.17, 15) is 4.79 Å². The molecule has 2 rings (SSSR count). The summed E-state index contributed by atoms with van der Waals surface area (Å²) in [5.74, 6) is 0.865. The highest BCUT2D eigenvalue weighted by atomic mass is 16.5. The quantitative estimate of drug-likeness (QED) is 0.757. The number of nitrogens with one attached hydrogen (secondary N) is 1. The summed E-state index contributed by atoms with van der Waals surface area (Å²) < 4.78 is 4.94. The third-order valence-electron chi connectivity index (χ3n) is 3.15. The van der Waals surface area contributed by atoms with Crippen LogP contribution in [0.3, 0.4) is 0 Å². The van der Waals surface area contributed by atoms with Crippen LogP contribution in [-0.2, 0) is 9.53 Å². The van der Waals surface area contributed by atoms with Gasteiger partial charge in [-0.15, -0.1) is 0 Å². The van der Waals surface area contributed by atoms with Crippen molar-refractivity contribution in [1.29, 1.82) is 0 Å². The van der Waals surface area contributed by atoms with E-state index in [-0.39, 0.29) is 0 Å². The van der Waals surface area contributed by atoms with Crippen LogP contribution in [0.25, 0.3) is 0 Å². The zero-order chi connectivity index (χ0) is 12.9. The van der Waals surface area contributed by atoms with Crippen LogP contribution in [0, 0.1) is 5.92 Å². The lowest BCUT2D eigenvalue weighted by molar-refractivity contribution is -0.110. The van der Waals surface area contributed by atoms with Gasteiger partial charge in [-0.3, -0.25) is 4.79 Å². The normalized spacial score (nSPS) is 27.0. The van der Waals surface area contributed by atoms with Crippen molar-refractivity contribution in [2.45, 2.75) is 65.3 Å². The average molecular weight is 243 g/mol. The Balaban J connectivity index is 0.000000306. The highest BCUT2D eigenvalue weighted by Crippen LogP contribution is 2.22. The van der Waals surface area contributed by atoms with Gasteiger partial charge >= 0.3 is 0 Å². The van der Waals surface area contributed by atoms with Crippen molar-refractivity contribution in [3.05, 3.63) is 0 Å². The van der Waals surface area contributed by atoms with Gasteiger partial charge in [-0.2, -0.15) is 0 Å². The third kappa shape index (κ3) is 9.16. The Morgan fingerprint density at radius 3 is 1.94 bits per heavy atom. The number of carbonyl (C=O) groups is 1. The molecule has 1 amide bonds. The predicted molar refractivity (Wildman–Crippen MR) is 72.0 cm³/mol. The Labute approximate surface area is 106 Å². The van der Waals surface area contributed by atoms with Gasteiger partial charge < -0.3 is 10.1 Å². The summed E-state index contributed by atoms with van der Waals surface area (Å²) in [6.45, 7) is 8.27. The maximum absolute atomic E-state index is 10.0. The summed E-state index contributed by atoms with van der Waals surface area (Å²) in [5.41, 5.74) is 0. The minimum absolute atomic E-state index is 0.466. The van der Waals surface area contributed by atoms with Crippen molar-refractivity contribution in [1.82, 2.24) is 5.32 Å². The second-order valence-corrected chi connectivity index (χ2v) is 4.56. The summed E-state index contributed by atoms with van der Waals surface area (Å²) in [6, 6.07) is 0.466. The van der Waals surface area contributed by atoms with Crippen molar-refractivity contribution < 1.29 is 9.53 Å². The first kappa shape index (κ1) is 16.4. The van der Waals surface area contributed by atoms with Crippen LogP contribution in [0.15, 0.2) is 0 Å². The van der Waals surface area contributed by atoms with Crippen LogP contribution in [-0.4, -0.2) is 25.7 Å². The first-order valence-electron chi connectivity index (χ1n) is 7.10. The van der Waals surface area contributed by atoms with Crippen molar-refractivity contribution in [3.8, 4) is 0 Å². The molecule has 0 aromatic rings. The molecule has 0 aromatic heterocycles. The lowest BCUT2D eigenvalue weighted by atomic mass is 9.87. The highest BCUT2D eigenvalue weighted by Gasteiger charge is 2.16. The molecule has 3 nitrogen and oxygen atoms in total. The lowest BCUT2D eigenvalue weighted by Crippen LogP contribution is -2.31. The summed E-state index contributed by atoms with van der Waals surface area (Å²) in [5, 5.41) is 2.82. The Morgan fingerprint density at radius 2 is 1.59 bits per heavy atom. The topological polar surface area (TPSA) is 38.3 Å². The van der Waals surface area contributed by atoms with Crippen LogP contribution < -0.4 is 5.32 Å². The largest absolute Gasteiger partial charge is 0.381 e. The van der Waals surface area contributed by atoms with E-state index in [0.717, 1.165) is 25.5 Å². The second-order valence-electron chi connectivity index (χ2n) is 4.56. The number of rotatable bonds is 2. The fraction of sp³-hybridized carbons (Fsp3) is 0.929. The van der Waals surface area contributed by atoms with Gasteiger partial charge in [0.05, 0.1) is 0 Å². The fourth-order valence-corrected chi connectivity index (χ4v) is 2.03. The van der Waals surface area contributed by atoms with Gasteiger partial charge in [0.15, 0.2) is 0 Å². The zero-order valence-corrected chi connectivity index (χ0v) is 11.7. The molecule has 0 unspecified atom stereocenters. The molecule has 0 bridgehead atoms. The van der Waals surface area contributed by atoms with Crippen LogP contribution in [0.5, 0.6) is 0 Å². The summed E-state index contributed by atoms with van der Waals surface area (Å²) >= 11 is 0. The van der Waals surface area contributed by atoms with Crippen LogP contribution in [0.1, 0.15) is 59.3 Å². The molecule has 0 aromatic carbocycles. The van der Waals surface area contributed by atoms with Crippen LogP contribution >= 0.6 is 0 Å². The van der Waals surface area contributed by atoms with E-state index >= 15 is 0 Å². The first-order valence-corrected chi connectivity index (χ1v) is 7.10. The minimum Gasteiger partial charge on any atom is -0.381 e. The van der Waals surface area contributed by atoms with Crippen molar-refractivity contribution in [3.63, 3.8) is 0 Å². The van der Waals surface area contributed by atoms with E-state index in [2.05, 4.69) is 12.2 Å². The van der Waals surface area contributed by atoms with Crippen molar-refractivity contribution in [2.75, 3.05) is 13.2 Å². The number of amides is 1. The summed E-state index contributed by atoms with van der Waals surface area (Å²) in [7, 11) is 0. The molecule has 3 heteroatoms. The molecule has 102 valence electrons. The molecule has 1 aliphatic heterocycles. The number of hydrogen-bond donors (Lipinski definition) is 1. The Morgan fingerprint density at radius 1 is 1.06 bits per heavy atom. The summed E-state index contributed by atoms with van der Waals surface area (Å²) in [4.78, 5) is 10.0. The standard InChI is InChI=1S/C8H15NO.C4H8O.C2H6/c1-7-2-4-8(5-3-7)9-6-10;1-2-4-5-3-1;1-2/h6-8H,2-5H2,1H3,(H,9,10);1-4H2;1-2H3. The Bertz CT molecular complexity index is 154. The van der Waals surface area contributed by atoms with Gasteiger partial charge in [-0.25, -0.2) is 0 Å². The maximum Gasteiger partial charge on any atom is 0.207 e. The molecule has 1 saturated carbocycles. The lowest BCUT2D eigenvalue weighted by Gasteiger charge is -2.25. The Hall–Kier alpha value is -0.570. The fourth-order valence-electron chi connectivity index (χ4n) is 2.03. The van der Waals surface area contributed by atoms with Gasteiger partial charge in [0.1, 0.15) is 0 Å². The van der Waals surface area contributed by atoms with E-state index in [4.69, 9.17) is 4.74 Å². The third-order valence-corrected chi connectivity index (χ3v) is 3.15. The van der Waals surface area contributed by atoms with E-state index in [1.165, 1.54) is 38.5 Å². The van der Waals surface area contributed by atoms with Gasteiger partial charge in [0.2, 0.25) is 6.41 Å². The molecular weight excluding hydrogens is 214 g/mol. The van der Waals surface area contributed by atoms with Gasteiger partial charge in [-0.05, 0) is 44.4 Å². The number of carbonyl (C=O) groups excluding carboxylic acids is 1. The monoisotopic (exact) mass is 243 g/mol. The molecule has 2 fully saturated rings. The van der Waals surface area contributed by atoms with E-state index in [0.29, 0.717) is 6.04 Å². The Kier molecular flexibility index (Phi) is 11.5. The van der Waals surface area contributed by atoms with E-state index in [1.807, 2.05) is 13.8 Å². The molecule has 1 saturated heterocycles. The smallest absolute Gasteiger partial charge is 0.207 e. The molecule has 0 radical (unpaired) electrons. The number of ether oxygens (including phenoxy) is 1. The molecule has 17 heavy (non-hydrogen) atoms. The van der Waals surface area contributed by atoms with E-state index < -0.39 is 0 Å². The molecule has 1 heterocycles. The molecular formula is C14H29NO2. The van der Waals surface area contributed by atoms with Gasteiger partial charge in [-0.1, -0.05) is 20.8 Å². The molecule has 0 spiro atoms. The van der Waals surface area contributed by atoms with Gasteiger partial charge in [0, 0.05) is 19.3 Å². The molecule has 0 atom stereocenters. The van der Waals surface area contributed by atoms with Crippen LogP contribution in [0.2, 0.25) is 0 Å². The highest BCUT2D eigenvalue weighted by molar-refractivity contribution is 5.46. The van der Waals surface area contributed by atoms with Gasteiger partial charge in [0.25, 0.3) is 0 Å². The van der Waals surface area contributed by atoms with Crippen molar-refractivity contribution >= 4 is 6.41 Å². The zero-order valence-electron chi connectivity index (χ0n) is 11.7.